The Morgan fingerprint density at radius 2 is 2.12 bits per heavy atom. The van der Waals surface area contributed by atoms with E-state index < -0.39 is 0 Å². The molecule has 0 amide bonds. The molecule has 1 aromatic carbocycles. The van der Waals surface area contributed by atoms with Crippen molar-refractivity contribution in [2.75, 3.05) is 5.32 Å². The van der Waals surface area contributed by atoms with Gasteiger partial charge >= 0.3 is 0 Å². The Labute approximate surface area is 146 Å². The van der Waals surface area contributed by atoms with Crippen LogP contribution < -0.4 is 5.32 Å². The molecule has 4 rings (SSSR count). The number of hydrogen-bond acceptors (Lipinski definition) is 6. The van der Waals surface area contributed by atoms with Crippen molar-refractivity contribution in [2.24, 2.45) is 0 Å². The van der Waals surface area contributed by atoms with Crippen LogP contribution in [0.4, 0.5) is 10.2 Å². The van der Waals surface area contributed by atoms with E-state index in [1.54, 1.807) is 28.0 Å². The third-order valence-electron chi connectivity index (χ3n) is 3.68. The molecule has 6 nitrogen and oxygen atoms in total. The van der Waals surface area contributed by atoms with Crippen molar-refractivity contribution >= 4 is 22.8 Å². The second-order valence-electron chi connectivity index (χ2n) is 5.30. The summed E-state index contributed by atoms with van der Waals surface area (Å²) in [6.07, 6.45) is 0. The number of benzene rings is 1. The second-order valence-corrected chi connectivity index (χ2v) is 6.08. The largest absolute Gasteiger partial charge is 0.364 e. The van der Waals surface area contributed by atoms with E-state index in [4.69, 9.17) is 5.26 Å². The highest BCUT2D eigenvalue weighted by Gasteiger charge is 2.11. The zero-order valence-corrected chi connectivity index (χ0v) is 13.7. The predicted molar refractivity (Wildman–Crippen MR) is 92.5 cm³/mol. The Hall–Kier alpha value is -3.31. The van der Waals surface area contributed by atoms with Gasteiger partial charge in [-0.15, -0.1) is 15.3 Å². The standard InChI is InChI=1S/C17H11FN6S/c18-14-2-1-11(8-19)7-13(14)9-20-15-3-4-16-21-22-17(24(16)23-15)12-5-6-25-10-12/h1-7,10H,9H2,(H,20,23). The summed E-state index contributed by atoms with van der Waals surface area (Å²) in [7, 11) is 0. The average molecular weight is 350 g/mol. The van der Waals surface area contributed by atoms with Crippen molar-refractivity contribution in [2.45, 2.75) is 6.54 Å². The molecular formula is C17H11FN6S. The smallest absolute Gasteiger partial charge is 0.186 e. The highest BCUT2D eigenvalue weighted by Crippen LogP contribution is 2.21. The maximum Gasteiger partial charge on any atom is 0.186 e. The molecule has 0 radical (unpaired) electrons. The van der Waals surface area contributed by atoms with E-state index in [2.05, 4.69) is 20.6 Å². The van der Waals surface area contributed by atoms with Gasteiger partial charge in [0.25, 0.3) is 0 Å². The first-order valence-electron chi connectivity index (χ1n) is 7.42. The van der Waals surface area contributed by atoms with Crippen molar-refractivity contribution in [3.8, 4) is 17.5 Å². The van der Waals surface area contributed by atoms with E-state index >= 15 is 0 Å². The number of thiophene rings is 1. The lowest BCUT2D eigenvalue weighted by atomic mass is 10.1. The number of hydrogen-bond donors (Lipinski definition) is 1. The molecule has 0 spiro atoms. The van der Waals surface area contributed by atoms with Crippen LogP contribution in [0.15, 0.2) is 47.2 Å². The van der Waals surface area contributed by atoms with Gasteiger partial charge in [-0.2, -0.15) is 21.1 Å². The van der Waals surface area contributed by atoms with Gasteiger partial charge in [-0.3, -0.25) is 0 Å². The van der Waals surface area contributed by atoms with Gasteiger partial charge in [0.05, 0.1) is 11.6 Å². The van der Waals surface area contributed by atoms with Crippen LogP contribution in [0.5, 0.6) is 0 Å². The van der Waals surface area contributed by atoms with E-state index in [-0.39, 0.29) is 12.4 Å². The summed E-state index contributed by atoms with van der Waals surface area (Å²) < 4.78 is 15.5. The van der Waals surface area contributed by atoms with Gasteiger partial charge in [0.15, 0.2) is 11.5 Å². The summed E-state index contributed by atoms with van der Waals surface area (Å²) in [5, 5.41) is 28.7. The summed E-state index contributed by atoms with van der Waals surface area (Å²) in [5.74, 6) is 0.846. The molecule has 0 fully saturated rings. The molecule has 122 valence electrons. The molecule has 8 heteroatoms. The fourth-order valence-corrected chi connectivity index (χ4v) is 3.05. The van der Waals surface area contributed by atoms with Crippen molar-refractivity contribution in [1.29, 1.82) is 5.26 Å². The van der Waals surface area contributed by atoms with Crippen LogP contribution in [0.2, 0.25) is 0 Å². The van der Waals surface area contributed by atoms with E-state index in [9.17, 15) is 4.39 Å². The Morgan fingerprint density at radius 1 is 1.20 bits per heavy atom. The first-order chi connectivity index (χ1) is 12.2. The SMILES string of the molecule is N#Cc1ccc(F)c(CNc2ccc3nnc(-c4ccsc4)n3n2)c1. The van der Waals surface area contributed by atoms with Gasteiger partial charge in [0.1, 0.15) is 11.6 Å². The van der Waals surface area contributed by atoms with Crippen LogP contribution in [0.3, 0.4) is 0 Å². The minimum absolute atomic E-state index is 0.218. The van der Waals surface area contributed by atoms with E-state index in [1.165, 1.54) is 18.2 Å². The molecule has 0 bridgehead atoms. The fraction of sp³-hybridized carbons (Fsp3) is 0.0588. The predicted octanol–water partition coefficient (Wildman–Crippen LogP) is 3.48. The topological polar surface area (TPSA) is 78.9 Å². The first kappa shape index (κ1) is 15.2. The monoisotopic (exact) mass is 350 g/mol. The third kappa shape index (κ3) is 2.93. The van der Waals surface area contributed by atoms with Crippen LogP contribution in [-0.4, -0.2) is 19.8 Å². The summed E-state index contributed by atoms with van der Waals surface area (Å²) >= 11 is 1.57. The second kappa shape index (κ2) is 6.30. The van der Waals surface area contributed by atoms with Crippen molar-refractivity contribution in [3.63, 3.8) is 0 Å². The molecule has 4 aromatic rings. The molecule has 3 aromatic heterocycles. The minimum Gasteiger partial charge on any atom is -0.364 e. The van der Waals surface area contributed by atoms with Crippen molar-refractivity contribution in [1.82, 2.24) is 19.8 Å². The van der Waals surface area contributed by atoms with Crippen LogP contribution in [0.1, 0.15) is 11.1 Å². The normalized spacial score (nSPS) is 10.7. The van der Waals surface area contributed by atoms with Gasteiger partial charge in [-0.25, -0.2) is 4.39 Å². The van der Waals surface area contributed by atoms with Gasteiger partial charge in [-0.05, 0) is 41.8 Å². The van der Waals surface area contributed by atoms with Gasteiger partial charge in [0.2, 0.25) is 0 Å². The third-order valence-corrected chi connectivity index (χ3v) is 4.36. The summed E-state index contributed by atoms with van der Waals surface area (Å²) in [5.41, 5.74) is 2.39. The highest BCUT2D eigenvalue weighted by molar-refractivity contribution is 7.08. The van der Waals surface area contributed by atoms with Gasteiger partial charge in [0, 0.05) is 23.1 Å². The number of aromatic nitrogens is 4. The number of nitrogens with zero attached hydrogens (tertiary/aromatic N) is 5. The molecule has 0 aliphatic rings. The van der Waals surface area contributed by atoms with Crippen LogP contribution >= 0.6 is 11.3 Å². The number of halogens is 1. The Kier molecular flexibility index (Phi) is 3.84. The fourth-order valence-electron chi connectivity index (χ4n) is 2.42. The van der Waals surface area contributed by atoms with Crippen LogP contribution in [0, 0.1) is 17.1 Å². The molecule has 0 aliphatic heterocycles. The highest BCUT2D eigenvalue weighted by atomic mass is 32.1. The molecule has 0 saturated carbocycles. The summed E-state index contributed by atoms with van der Waals surface area (Å²) in [6.45, 7) is 0.218. The number of nitrogens with one attached hydrogen (secondary N) is 1. The van der Waals surface area contributed by atoms with Crippen molar-refractivity contribution in [3.05, 3.63) is 64.1 Å². The maximum absolute atomic E-state index is 13.9. The van der Waals surface area contributed by atoms with E-state index in [1.807, 2.05) is 22.9 Å². The lowest BCUT2D eigenvalue weighted by Gasteiger charge is -2.07. The van der Waals surface area contributed by atoms with E-state index in [0.29, 0.717) is 28.4 Å². The zero-order chi connectivity index (χ0) is 17.2. The van der Waals surface area contributed by atoms with E-state index in [0.717, 1.165) is 5.56 Å². The molecule has 25 heavy (non-hydrogen) atoms. The Morgan fingerprint density at radius 3 is 2.92 bits per heavy atom. The van der Waals surface area contributed by atoms with Gasteiger partial charge in [-0.1, -0.05) is 0 Å². The van der Waals surface area contributed by atoms with Crippen LogP contribution in [0.25, 0.3) is 17.0 Å². The number of nitriles is 1. The number of fused-ring (bicyclic) bond motifs is 1. The molecule has 1 N–H and O–H groups in total. The molecule has 0 saturated heterocycles. The summed E-state index contributed by atoms with van der Waals surface area (Å²) in [6, 6.07) is 11.8. The lowest BCUT2D eigenvalue weighted by molar-refractivity contribution is 0.612. The summed E-state index contributed by atoms with van der Waals surface area (Å²) in [4.78, 5) is 0. The maximum atomic E-state index is 13.9. The number of anilines is 1. The Balaban J connectivity index is 1.62. The number of rotatable bonds is 4. The lowest BCUT2D eigenvalue weighted by Crippen LogP contribution is -2.06. The molecule has 0 unspecified atom stereocenters. The molecule has 0 atom stereocenters. The van der Waals surface area contributed by atoms with Crippen molar-refractivity contribution < 1.29 is 4.39 Å². The molecule has 0 aliphatic carbocycles. The quantitative estimate of drug-likeness (QED) is 0.610. The first-order valence-corrected chi connectivity index (χ1v) is 8.36. The zero-order valence-electron chi connectivity index (χ0n) is 12.8. The minimum atomic E-state index is -0.365. The van der Waals surface area contributed by atoms with Gasteiger partial charge < -0.3 is 5.32 Å². The molecule has 3 heterocycles. The Bertz CT molecular complexity index is 1080. The molecular weight excluding hydrogens is 339 g/mol. The average Bonchev–Trinajstić information content (AvgIpc) is 3.30. The van der Waals surface area contributed by atoms with Crippen LogP contribution in [-0.2, 0) is 6.54 Å².